The summed E-state index contributed by atoms with van der Waals surface area (Å²) in [6.07, 6.45) is 4.66. The molecule has 0 aliphatic carbocycles. The minimum Gasteiger partial charge on any atom is -0.470 e. The maximum atomic E-state index is 13.6. The van der Waals surface area contributed by atoms with E-state index in [4.69, 9.17) is 4.74 Å². The van der Waals surface area contributed by atoms with E-state index in [-0.39, 0.29) is 29.5 Å². The van der Waals surface area contributed by atoms with E-state index in [1.165, 1.54) is 4.31 Å². The van der Waals surface area contributed by atoms with E-state index in [0.29, 0.717) is 25.3 Å². The van der Waals surface area contributed by atoms with Crippen LogP contribution in [0.4, 0.5) is 0 Å². The van der Waals surface area contributed by atoms with Crippen LogP contribution < -0.4 is 4.74 Å². The standard InChI is InChI=1S/C21H21N5O3S/c27-30(28)20-8-5-11-24-21(20)29-19-15-25(12-16-6-1-3-9-22-16)14-18(19)26(30)13-17-7-2-4-10-23-17/h1-11,18-19H,12-15H2. The highest BCUT2D eigenvalue weighted by atomic mass is 32.2. The zero-order valence-electron chi connectivity index (χ0n) is 16.2. The van der Waals surface area contributed by atoms with Gasteiger partial charge in [-0.25, -0.2) is 13.4 Å². The van der Waals surface area contributed by atoms with Gasteiger partial charge in [0.25, 0.3) is 0 Å². The number of aromatic nitrogens is 3. The molecule has 0 bridgehead atoms. The lowest BCUT2D eigenvalue weighted by Gasteiger charge is -2.27. The lowest BCUT2D eigenvalue weighted by molar-refractivity contribution is 0.143. The van der Waals surface area contributed by atoms with Crippen LogP contribution in [-0.2, 0) is 23.1 Å². The fraction of sp³-hybridized carbons (Fsp3) is 0.286. The fourth-order valence-corrected chi connectivity index (χ4v) is 5.72. The van der Waals surface area contributed by atoms with E-state index in [0.717, 1.165) is 5.69 Å². The lowest BCUT2D eigenvalue weighted by atomic mass is 10.2. The molecule has 2 unspecified atom stereocenters. The third-order valence-electron chi connectivity index (χ3n) is 5.42. The van der Waals surface area contributed by atoms with Gasteiger partial charge in [0.1, 0.15) is 11.0 Å². The molecule has 9 heteroatoms. The Morgan fingerprint density at radius 1 is 0.867 bits per heavy atom. The predicted octanol–water partition coefficient (Wildman–Crippen LogP) is 1.71. The molecular weight excluding hydrogens is 402 g/mol. The number of fused-ring (bicyclic) bond motifs is 2. The Labute approximate surface area is 175 Å². The summed E-state index contributed by atoms with van der Waals surface area (Å²) in [5.74, 6) is 0.163. The summed E-state index contributed by atoms with van der Waals surface area (Å²) < 4.78 is 34.8. The summed E-state index contributed by atoms with van der Waals surface area (Å²) >= 11 is 0. The van der Waals surface area contributed by atoms with Gasteiger partial charge in [-0.2, -0.15) is 4.31 Å². The number of nitrogens with zero attached hydrogens (tertiary/aromatic N) is 5. The van der Waals surface area contributed by atoms with Crippen LogP contribution in [0.25, 0.3) is 0 Å². The van der Waals surface area contributed by atoms with Crippen LogP contribution in [0.2, 0.25) is 0 Å². The van der Waals surface area contributed by atoms with Gasteiger partial charge in [-0.1, -0.05) is 12.1 Å². The Kier molecular flexibility index (Phi) is 4.93. The lowest BCUT2D eigenvalue weighted by Crippen LogP contribution is -2.46. The number of hydrogen-bond acceptors (Lipinski definition) is 7. The molecule has 1 saturated heterocycles. The van der Waals surface area contributed by atoms with Crippen LogP contribution in [0.1, 0.15) is 11.4 Å². The average Bonchev–Trinajstić information content (AvgIpc) is 3.11. The SMILES string of the molecule is O=S1(=O)c2cccnc2OC2CN(Cc3ccccn3)CC2N1Cc1ccccn1. The third kappa shape index (κ3) is 3.55. The van der Waals surface area contributed by atoms with Crippen LogP contribution in [0.15, 0.2) is 72.0 Å². The first-order chi connectivity index (χ1) is 14.6. The molecule has 2 aliphatic rings. The molecule has 0 amide bonds. The van der Waals surface area contributed by atoms with Crippen molar-refractivity contribution in [3.05, 3.63) is 78.5 Å². The smallest absolute Gasteiger partial charge is 0.249 e. The topological polar surface area (TPSA) is 88.5 Å². The van der Waals surface area contributed by atoms with E-state index in [1.807, 2.05) is 36.4 Å². The molecule has 0 aromatic carbocycles. The Morgan fingerprint density at radius 3 is 2.27 bits per heavy atom. The van der Waals surface area contributed by atoms with Crippen LogP contribution >= 0.6 is 0 Å². The van der Waals surface area contributed by atoms with Gasteiger partial charge in [-0.3, -0.25) is 14.9 Å². The minimum absolute atomic E-state index is 0.103. The Hall–Kier alpha value is -2.88. The van der Waals surface area contributed by atoms with Gasteiger partial charge >= 0.3 is 0 Å². The van der Waals surface area contributed by atoms with E-state index >= 15 is 0 Å². The Morgan fingerprint density at radius 2 is 1.57 bits per heavy atom. The van der Waals surface area contributed by atoms with Gasteiger partial charge in [0.2, 0.25) is 15.9 Å². The van der Waals surface area contributed by atoms with E-state index < -0.39 is 10.0 Å². The van der Waals surface area contributed by atoms with Crippen molar-refractivity contribution in [3.63, 3.8) is 0 Å². The molecule has 2 atom stereocenters. The van der Waals surface area contributed by atoms with Crippen LogP contribution in [0.3, 0.4) is 0 Å². The second kappa shape index (κ2) is 7.75. The van der Waals surface area contributed by atoms with Crippen molar-refractivity contribution in [1.29, 1.82) is 0 Å². The molecule has 1 fully saturated rings. The fourth-order valence-electron chi connectivity index (χ4n) is 4.04. The Bertz CT molecular complexity index is 1130. The molecule has 30 heavy (non-hydrogen) atoms. The zero-order chi connectivity index (χ0) is 20.6. The third-order valence-corrected chi connectivity index (χ3v) is 7.31. The monoisotopic (exact) mass is 423 g/mol. The summed E-state index contributed by atoms with van der Waals surface area (Å²) in [6, 6.07) is 14.1. The molecule has 5 rings (SSSR count). The van der Waals surface area contributed by atoms with E-state index in [9.17, 15) is 8.42 Å². The van der Waals surface area contributed by atoms with Crippen molar-refractivity contribution in [2.75, 3.05) is 13.1 Å². The van der Waals surface area contributed by atoms with Gasteiger partial charge in [-0.15, -0.1) is 0 Å². The summed E-state index contributed by atoms with van der Waals surface area (Å²) in [5, 5.41) is 0. The molecule has 0 spiro atoms. The molecule has 0 saturated carbocycles. The molecule has 2 aliphatic heterocycles. The average molecular weight is 423 g/mol. The number of sulfonamides is 1. The maximum absolute atomic E-state index is 13.6. The summed E-state index contributed by atoms with van der Waals surface area (Å²) in [6.45, 7) is 1.94. The molecule has 0 N–H and O–H groups in total. The van der Waals surface area contributed by atoms with Crippen LogP contribution in [0.5, 0.6) is 5.88 Å². The maximum Gasteiger partial charge on any atom is 0.249 e. The number of pyridine rings is 3. The van der Waals surface area contributed by atoms with E-state index in [2.05, 4.69) is 19.9 Å². The molecule has 5 heterocycles. The second-order valence-electron chi connectivity index (χ2n) is 7.42. The largest absolute Gasteiger partial charge is 0.470 e. The molecule has 3 aromatic heterocycles. The van der Waals surface area contributed by atoms with Crippen molar-refractivity contribution < 1.29 is 13.2 Å². The highest BCUT2D eigenvalue weighted by molar-refractivity contribution is 7.89. The van der Waals surface area contributed by atoms with Gasteiger partial charge in [0.15, 0.2) is 0 Å². The van der Waals surface area contributed by atoms with Crippen LogP contribution in [0, 0.1) is 0 Å². The summed E-state index contributed by atoms with van der Waals surface area (Å²) in [4.78, 5) is 15.2. The van der Waals surface area contributed by atoms with Gasteiger partial charge < -0.3 is 4.74 Å². The van der Waals surface area contributed by atoms with Gasteiger partial charge in [0, 0.05) is 38.2 Å². The number of rotatable bonds is 4. The number of ether oxygens (including phenoxy) is 1. The number of likely N-dealkylation sites (tertiary alicyclic amines) is 1. The Balaban J connectivity index is 1.51. The quantitative estimate of drug-likeness (QED) is 0.631. The summed E-state index contributed by atoms with van der Waals surface area (Å²) in [5.41, 5.74) is 1.63. The van der Waals surface area contributed by atoms with Crippen LogP contribution in [-0.4, -0.2) is 57.8 Å². The minimum atomic E-state index is -3.80. The normalized spacial score (nSPS) is 23.2. The molecule has 0 radical (unpaired) electrons. The van der Waals surface area contributed by atoms with Crippen molar-refractivity contribution >= 4 is 10.0 Å². The summed E-state index contributed by atoms with van der Waals surface area (Å²) in [7, 11) is -3.80. The highest BCUT2D eigenvalue weighted by Gasteiger charge is 2.47. The molecule has 3 aromatic rings. The van der Waals surface area contributed by atoms with Crippen molar-refractivity contribution in [3.8, 4) is 5.88 Å². The second-order valence-corrected chi connectivity index (χ2v) is 9.28. The first-order valence-corrected chi connectivity index (χ1v) is 11.2. The first-order valence-electron chi connectivity index (χ1n) is 9.77. The zero-order valence-corrected chi connectivity index (χ0v) is 17.0. The number of hydrogen-bond donors (Lipinski definition) is 0. The van der Waals surface area contributed by atoms with Gasteiger partial charge in [0.05, 0.1) is 24.0 Å². The molecule has 154 valence electrons. The highest BCUT2D eigenvalue weighted by Crippen LogP contribution is 2.35. The van der Waals surface area contributed by atoms with E-state index in [1.54, 1.807) is 30.7 Å². The molecular formula is C21H21N5O3S. The van der Waals surface area contributed by atoms with Crippen molar-refractivity contribution in [2.24, 2.45) is 0 Å². The first kappa shape index (κ1) is 19.1. The van der Waals surface area contributed by atoms with Gasteiger partial charge in [-0.05, 0) is 36.4 Å². The van der Waals surface area contributed by atoms with Crippen molar-refractivity contribution in [2.45, 2.75) is 30.1 Å². The molecule has 8 nitrogen and oxygen atoms in total. The predicted molar refractivity (Wildman–Crippen MR) is 109 cm³/mol. The van der Waals surface area contributed by atoms with Crippen molar-refractivity contribution in [1.82, 2.24) is 24.2 Å².